The van der Waals surface area contributed by atoms with Gasteiger partial charge in [-0.25, -0.2) is 8.42 Å². The molecule has 106 valence electrons. The molecule has 2 aliphatic rings. The summed E-state index contributed by atoms with van der Waals surface area (Å²) in [7, 11) is -2.72. The van der Waals surface area contributed by atoms with Crippen molar-refractivity contribution in [1.82, 2.24) is 10.6 Å². The summed E-state index contributed by atoms with van der Waals surface area (Å²) < 4.78 is 22.5. The fraction of sp³-hybridized carbons (Fsp3) is 0.909. The minimum atomic E-state index is -2.72. The summed E-state index contributed by atoms with van der Waals surface area (Å²) in [5, 5.41) is 6.52. The van der Waals surface area contributed by atoms with Gasteiger partial charge in [-0.2, -0.15) is 0 Å². The van der Waals surface area contributed by atoms with E-state index < -0.39 is 9.84 Å². The van der Waals surface area contributed by atoms with Crippen molar-refractivity contribution in [3.05, 3.63) is 0 Å². The predicted molar refractivity (Wildman–Crippen MR) is 84.3 cm³/mol. The molecule has 2 N–H and O–H groups in total. The Morgan fingerprint density at radius 3 is 2.61 bits per heavy atom. The zero-order valence-corrected chi connectivity index (χ0v) is 13.8. The summed E-state index contributed by atoms with van der Waals surface area (Å²) in [5.41, 5.74) is 0. The van der Waals surface area contributed by atoms with E-state index in [1.165, 1.54) is 0 Å². The van der Waals surface area contributed by atoms with Gasteiger partial charge in [-0.1, -0.05) is 0 Å². The molecule has 0 saturated carbocycles. The van der Waals surface area contributed by atoms with Gasteiger partial charge in [0.1, 0.15) is 9.84 Å². The van der Waals surface area contributed by atoms with Crippen molar-refractivity contribution in [2.24, 2.45) is 10.9 Å². The van der Waals surface area contributed by atoms with Crippen molar-refractivity contribution in [3.8, 4) is 0 Å². The highest BCUT2D eigenvalue weighted by Gasteiger charge is 2.23. The van der Waals surface area contributed by atoms with E-state index in [1.54, 1.807) is 0 Å². The van der Waals surface area contributed by atoms with Crippen LogP contribution in [0.25, 0.3) is 0 Å². The van der Waals surface area contributed by atoms with E-state index in [1.807, 2.05) is 0 Å². The second-order valence-electron chi connectivity index (χ2n) is 5.05. The van der Waals surface area contributed by atoms with Crippen LogP contribution in [-0.4, -0.2) is 45.0 Å². The molecule has 0 amide bonds. The van der Waals surface area contributed by atoms with Gasteiger partial charge < -0.3 is 10.6 Å². The van der Waals surface area contributed by atoms with E-state index >= 15 is 0 Å². The monoisotopic (exact) mass is 387 g/mol. The normalized spacial score (nSPS) is 26.9. The number of guanidine groups is 1. The number of halogens is 1. The summed E-state index contributed by atoms with van der Waals surface area (Å²) >= 11 is 0. The van der Waals surface area contributed by atoms with E-state index in [9.17, 15) is 8.42 Å². The number of nitrogens with zero attached hydrogens (tertiary/aromatic N) is 1. The molecular formula is C11H22IN3O2S. The number of hydrogen-bond donors (Lipinski definition) is 2. The molecule has 7 heteroatoms. The first-order chi connectivity index (χ1) is 8.05. The van der Waals surface area contributed by atoms with E-state index in [4.69, 9.17) is 0 Å². The molecule has 0 bridgehead atoms. The average Bonchev–Trinajstić information content (AvgIpc) is 2.67. The lowest BCUT2D eigenvalue weighted by Gasteiger charge is -2.22. The Kier molecular flexibility index (Phi) is 6.16. The first-order valence-corrected chi connectivity index (χ1v) is 8.12. The summed E-state index contributed by atoms with van der Waals surface area (Å²) in [6.45, 7) is 3.82. The summed E-state index contributed by atoms with van der Waals surface area (Å²) in [6, 6.07) is 0.428. The SMILES string of the molecule is CC1CN=C(NCCC2CCS(=O)(=O)CC2)N1.I. The van der Waals surface area contributed by atoms with E-state index in [0.717, 1.165) is 38.3 Å². The van der Waals surface area contributed by atoms with Gasteiger partial charge in [-0.05, 0) is 32.1 Å². The van der Waals surface area contributed by atoms with Crippen molar-refractivity contribution in [1.29, 1.82) is 0 Å². The number of nitrogens with one attached hydrogen (secondary N) is 2. The van der Waals surface area contributed by atoms with Gasteiger partial charge in [0.05, 0.1) is 18.1 Å². The van der Waals surface area contributed by atoms with Crippen LogP contribution in [0.2, 0.25) is 0 Å². The second-order valence-corrected chi connectivity index (χ2v) is 7.35. The molecule has 2 rings (SSSR count). The zero-order valence-electron chi connectivity index (χ0n) is 10.7. The zero-order chi connectivity index (χ0) is 12.3. The largest absolute Gasteiger partial charge is 0.356 e. The van der Waals surface area contributed by atoms with Crippen LogP contribution in [0, 0.1) is 5.92 Å². The van der Waals surface area contributed by atoms with Gasteiger partial charge >= 0.3 is 0 Å². The van der Waals surface area contributed by atoms with Crippen LogP contribution in [0.15, 0.2) is 4.99 Å². The highest BCUT2D eigenvalue weighted by atomic mass is 127. The fourth-order valence-corrected chi connectivity index (χ4v) is 3.87. The molecule has 2 heterocycles. The summed E-state index contributed by atoms with van der Waals surface area (Å²) in [4.78, 5) is 4.32. The Labute approximate surface area is 126 Å². The molecule has 2 aliphatic heterocycles. The molecule has 0 aromatic carbocycles. The van der Waals surface area contributed by atoms with E-state index in [0.29, 0.717) is 23.5 Å². The van der Waals surface area contributed by atoms with Crippen molar-refractivity contribution in [3.63, 3.8) is 0 Å². The molecule has 1 unspecified atom stereocenters. The molecule has 0 spiro atoms. The summed E-state index contributed by atoms with van der Waals surface area (Å²) in [5.74, 6) is 2.17. The lowest BCUT2D eigenvalue weighted by atomic mass is 9.99. The molecule has 1 fully saturated rings. The third-order valence-corrected chi connectivity index (χ3v) is 5.14. The van der Waals surface area contributed by atoms with Crippen LogP contribution in [0.5, 0.6) is 0 Å². The molecule has 0 aromatic heterocycles. The molecule has 18 heavy (non-hydrogen) atoms. The maximum atomic E-state index is 11.3. The maximum absolute atomic E-state index is 11.3. The molecule has 5 nitrogen and oxygen atoms in total. The first-order valence-electron chi connectivity index (χ1n) is 6.30. The van der Waals surface area contributed by atoms with Crippen LogP contribution in [0.3, 0.4) is 0 Å². The summed E-state index contributed by atoms with van der Waals surface area (Å²) in [6.07, 6.45) is 2.67. The third-order valence-electron chi connectivity index (χ3n) is 3.43. The van der Waals surface area contributed by atoms with E-state index in [-0.39, 0.29) is 24.0 Å². The number of rotatable bonds is 3. The fourth-order valence-electron chi connectivity index (χ4n) is 2.28. The molecule has 1 saturated heterocycles. The van der Waals surface area contributed by atoms with Crippen LogP contribution in [-0.2, 0) is 9.84 Å². The van der Waals surface area contributed by atoms with Crippen molar-refractivity contribution in [2.45, 2.75) is 32.2 Å². The third kappa shape index (κ3) is 4.91. The van der Waals surface area contributed by atoms with Crippen LogP contribution < -0.4 is 10.6 Å². The molecule has 0 radical (unpaired) electrons. The van der Waals surface area contributed by atoms with Gasteiger partial charge in [0.2, 0.25) is 0 Å². The molecule has 0 aromatic rings. The average molecular weight is 387 g/mol. The van der Waals surface area contributed by atoms with Crippen molar-refractivity contribution >= 4 is 39.8 Å². The Balaban J connectivity index is 0.00000162. The Hall–Kier alpha value is -0.0500. The van der Waals surface area contributed by atoms with Crippen molar-refractivity contribution in [2.75, 3.05) is 24.6 Å². The Morgan fingerprint density at radius 2 is 2.06 bits per heavy atom. The van der Waals surface area contributed by atoms with E-state index in [2.05, 4.69) is 22.5 Å². The second kappa shape index (κ2) is 6.93. The van der Waals surface area contributed by atoms with Crippen LogP contribution in [0.4, 0.5) is 0 Å². The highest BCUT2D eigenvalue weighted by molar-refractivity contribution is 14.0. The maximum Gasteiger partial charge on any atom is 0.191 e. The standard InChI is InChI=1S/C11H21N3O2S.HI/c1-9-8-13-11(14-9)12-5-2-10-3-6-17(15,16)7-4-10;/h9-10H,2-8H2,1H3,(H2,12,13,14);1H. The van der Waals surface area contributed by atoms with Crippen molar-refractivity contribution < 1.29 is 8.42 Å². The molecular weight excluding hydrogens is 365 g/mol. The van der Waals surface area contributed by atoms with Crippen LogP contribution >= 0.6 is 24.0 Å². The smallest absolute Gasteiger partial charge is 0.191 e. The van der Waals surface area contributed by atoms with Gasteiger partial charge in [-0.15, -0.1) is 24.0 Å². The van der Waals surface area contributed by atoms with Crippen LogP contribution in [0.1, 0.15) is 26.2 Å². The molecule has 0 aliphatic carbocycles. The van der Waals surface area contributed by atoms with Gasteiger partial charge in [0.25, 0.3) is 0 Å². The highest BCUT2D eigenvalue weighted by Crippen LogP contribution is 2.21. The van der Waals surface area contributed by atoms with Gasteiger partial charge in [0, 0.05) is 12.6 Å². The number of hydrogen-bond acceptors (Lipinski definition) is 5. The van der Waals surface area contributed by atoms with Gasteiger partial charge in [-0.3, -0.25) is 4.99 Å². The number of aliphatic imine (C=N–C) groups is 1. The Morgan fingerprint density at radius 1 is 1.39 bits per heavy atom. The Bertz CT molecular complexity index is 383. The molecule has 1 atom stereocenters. The predicted octanol–water partition coefficient (Wildman–Crippen LogP) is 0.757. The minimum absolute atomic E-state index is 0. The lowest BCUT2D eigenvalue weighted by molar-refractivity contribution is 0.434. The quantitative estimate of drug-likeness (QED) is 0.702. The first kappa shape index (κ1) is 16.0. The minimum Gasteiger partial charge on any atom is -0.356 e. The lowest BCUT2D eigenvalue weighted by Crippen LogP contribution is -2.38. The number of sulfone groups is 1. The van der Waals surface area contributed by atoms with Gasteiger partial charge in [0.15, 0.2) is 5.96 Å². The topological polar surface area (TPSA) is 70.6 Å².